The van der Waals surface area contributed by atoms with E-state index in [1.54, 1.807) is 0 Å². The molecule has 1 unspecified atom stereocenters. The molecule has 108 valence electrons. The summed E-state index contributed by atoms with van der Waals surface area (Å²) in [5.41, 5.74) is 1.86. The molecule has 6 nitrogen and oxygen atoms in total. The van der Waals surface area contributed by atoms with Crippen LogP contribution in [-0.4, -0.2) is 41.4 Å². The maximum atomic E-state index is 12.2. The average molecular weight is 278 g/mol. The predicted octanol–water partition coefficient (Wildman–Crippen LogP) is 0.840. The zero-order valence-corrected chi connectivity index (χ0v) is 11.2. The van der Waals surface area contributed by atoms with Gasteiger partial charge in [-0.1, -0.05) is 25.1 Å². The molecule has 3 N–H and O–H groups in total. The minimum Gasteiger partial charge on any atom is -0.480 e. The first-order valence-corrected chi connectivity index (χ1v) is 6.52. The largest absolute Gasteiger partial charge is 0.480 e. The Morgan fingerprint density at radius 2 is 2.15 bits per heavy atom. The summed E-state index contributed by atoms with van der Waals surface area (Å²) < 4.78 is 0. The number of carbonyl (C=O) groups excluding carboxylic acids is 1. The quantitative estimate of drug-likeness (QED) is 0.764. The van der Waals surface area contributed by atoms with Gasteiger partial charge in [0.15, 0.2) is 6.04 Å². The second-order valence-electron chi connectivity index (χ2n) is 5.07. The molecule has 0 bridgehead atoms. The number of carbonyl (C=O) groups is 2. The number of urea groups is 1. The highest BCUT2D eigenvalue weighted by Gasteiger charge is 2.28. The molecular formula is C14H18N2O4. The summed E-state index contributed by atoms with van der Waals surface area (Å²) in [6, 6.07) is 5.79. The maximum Gasteiger partial charge on any atom is 0.328 e. The summed E-state index contributed by atoms with van der Waals surface area (Å²) in [5, 5.41) is 20.2. The number of aliphatic hydroxyl groups excluding tert-OH is 1. The number of benzene rings is 1. The highest BCUT2D eigenvalue weighted by molar-refractivity contribution is 5.95. The Balaban J connectivity index is 2.20. The summed E-state index contributed by atoms with van der Waals surface area (Å²) in [6.45, 7) is 1.93. The van der Waals surface area contributed by atoms with Crippen LogP contribution < -0.4 is 10.2 Å². The molecule has 1 aliphatic heterocycles. The molecule has 0 spiro atoms. The topological polar surface area (TPSA) is 89.9 Å². The van der Waals surface area contributed by atoms with Gasteiger partial charge in [-0.3, -0.25) is 4.90 Å². The van der Waals surface area contributed by atoms with E-state index < -0.39 is 24.6 Å². The van der Waals surface area contributed by atoms with Crippen molar-refractivity contribution in [3.8, 4) is 0 Å². The van der Waals surface area contributed by atoms with Crippen molar-refractivity contribution in [2.45, 2.75) is 19.4 Å². The van der Waals surface area contributed by atoms with E-state index in [1.165, 1.54) is 4.90 Å². The van der Waals surface area contributed by atoms with Crippen molar-refractivity contribution >= 4 is 17.7 Å². The standard InChI is InChI=1S/C14H18N2O4/c1-9-6-10-4-2-3-5-12(10)16(7-9)14(20)15-11(8-17)13(18)19/h2-5,9,11,17H,6-8H2,1H3,(H,15,20)(H,18,19)/t9?,11-/m0/s1. The number of carboxylic acid groups (broad SMARTS) is 1. The molecular weight excluding hydrogens is 260 g/mol. The summed E-state index contributed by atoms with van der Waals surface area (Å²) >= 11 is 0. The number of aliphatic carboxylic acids is 1. The minimum atomic E-state index is -1.29. The van der Waals surface area contributed by atoms with E-state index in [0.29, 0.717) is 12.5 Å². The molecule has 0 fully saturated rings. The molecule has 1 aromatic rings. The van der Waals surface area contributed by atoms with Crippen LogP contribution in [0.2, 0.25) is 0 Å². The molecule has 1 heterocycles. The first-order valence-electron chi connectivity index (χ1n) is 6.52. The Morgan fingerprint density at radius 3 is 2.80 bits per heavy atom. The Morgan fingerprint density at radius 1 is 1.45 bits per heavy atom. The van der Waals surface area contributed by atoms with Crippen LogP contribution >= 0.6 is 0 Å². The van der Waals surface area contributed by atoms with Gasteiger partial charge in [0.2, 0.25) is 0 Å². The molecule has 0 aliphatic carbocycles. The first-order chi connectivity index (χ1) is 9.52. The van der Waals surface area contributed by atoms with Crippen molar-refractivity contribution in [3.05, 3.63) is 29.8 Å². The normalized spacial score (nSPS) is 19.1. The second kappa shape index (κ2) is 5.92. The molecule has 1 aromatic carbocycles. The summed E-state index contributed by atoms with van der Waals surface area (Å²) in [4.78, 5) is 24.6. The van der Waals surface area contributed by atoms with Crippen molar-refractivity contribution in [2.24, 2.45) is 5.92 Å². The Kier molecular flexibility index (Phi) is 4.24. The van der Waals surface area contributed by atoms with Crippen molar-refractivity contribution in [1.29, 1.82) is 0 Å². The van der Waals surface area contributed by atoms with Gasteiger partial charge in [0, 0.05) is 12.2 Å². The number of carboxylic acids is 1. The van der Waals surface area contributed by atoms with Crippen molar-refractivity contribution in [1.82, 2.24) is 5.32 Å². The van der Waals surface area contributed by atoms with Crippen molar-refractivity contribution in [2.75, 3.05) is 18.1 Å². The van der Waals surface area contributed by atoms with Crippen LogP contribution in [0.1, 0.15) is 12.5 Å². The number of rotatable bonds is 3. The van der Waals surface area contributed by atoms with Crippen LogP contribution in [0.4, 0.5) is 10.5 Å². The van der Waals surface area contributed by atoms with Gasteiger partial charge in [-0.15, -0.1) is 0 Å². The van der Waals surface area contributed by atoms with Gasteiger partial charge in [0.1, 0.15) is 0 Å². The van der Waals surface area contributed by atoms with E-state index in [2.05, 4.69) is 5.32 Å². The van der Waals surface area contributed by atoms with Crippen LogP contribution in [-0.2, 0) is 11.2 Å². The lowest BCUT2D eigenvalue weighted by atomic mass is 9.94. The zero-order chi connectivity index (χ0) is 14.7. The third-order valence-corrected chi connectivity index (χ3v) is 3.37. The maximum absolute atomic E-state index is 12.2. The van der Waals surface area contributed by atoms with Gasteiger partial charge in [0.25, 0.3) is 0 Å². The summed E-state index contributed by atoms with van der Waals surface area (Å²) in [6.07, 6.45) is 0.891. The number of anilines is 1. The van der Waals surface area contributed by atoms with E-state index in [9.17, 15) is 9.59 Å². The average Bonchev–Trinajstić information content (AvgIpc) is 2.43. The highest BCUT2D eigenvalue weighted by Crippen LogP contribution is 2.29. The fraction of sp³-hybridized carbons (Fsp3) is 0.429. The summed E-state index contributed by atoms with van der Waals surface area (Å²) in [5.74, 6) is -0.952. The van der Waals surface area contributed by atoms with Crippen LogP contribution in [0.3, 0.4) is 0 Å². The minimum absolute atomic E-state index is 0.299. The molecule has 0 saturated carbocycles. The molecule has 2 amide bonds. The highest BCUT2D eigenvalue weighted by atomic mass is 16.4. The first kappa shape index (κ1) is 14.3. The molecule has 0 radical (unpaired) electrons. The number of para-hydroxylation sites is 1. The number of hydrogen-bond acceptors (Lipinski definition) is 3. The van der Waals surface area contributed by atoms with Gasteiger partial charge >= 0.3 is 12.0 Å². The third-order valence-electron chi connectivity index (χ3n) is 3.37. The number of aliphatic hydroxyl groups is 1. The summed E-state index contributed by atoms with van der Waals surface area (Å²) in [7, 11) is 0. The smallest absolute Gasteiger partial charge is 0.328 e. The Labute approximate surface area is 117 Å². The molecule has 20 heavy (non-hydrogen) atoms. The predicted molar refractivity (Wildman–Crippen MR) is 73.7 cm³/mol. The van der Waals surface area contributed by atoms with Crippen LogP contribution in [0.25, 0.3) is 0 Å². The van der Waals surface area contributed by atoms with E-state index >= 15 is 0 Å². The number of amides is 2. The van der Waals surface area contributed by atoms with Gasteiger partial charge in [-0.2, -0.15) is 0 Å². The van der Waals surface area contributed by atoms with Crippen LogP contribution in [0, 0.1) is 5.92 Å². The van der Waals surface area contributed by atoms with Crippen molar-refractivity contribution in [3.63, 3.8) is 0 Å². The zero-order valence-electron chi connectivity index (χ0n) is 11.2. The molecule has 2 rings (SSSR count). The second-order valence-corrected chi connectivity index (χ2v) is 5.07. The lowest BCUT2D eigenvalue weighted by Gasteiger charge is -2.33. The van der Waals surface area contributed by atoms with E-state index in [1.807, 2.05) is 31.2 Å². The number of nitrogens with zero attached hydrogens (tertiary/aromatic N) is 1. The SMILES string of the molecule is CC1Cc2ccccc2N(C(=O)N[C@@H](CO)C(=O)O)C1. The van der Waals surface area contributed by atoms with E-state index in [0.717, 1.165) is 17.7 Å². The number of nitrogens with one attached hydrogen (secondary N) is 1. The van der Waals surface area contributed by atoms with E-state index in [4.69, 9.17) is 10.2 Å². The van der Waals surface area contributed by atoms with Crippen LogP contribution in [0.15, 0.2) is 24.3 Å². The van der Waals surface area contributed by atoms with Gasteiger partial charge in [0.05, 0.1) is 6.61 Å². The molecule has 6 heteroatoms. The molecule has 1 aliphatic rings. The fourth-order valence-electron chi connectivity index (χ4n) is 2.40. The van der Waals surface area contributed by atoms with Gasteiger partial charge < -0.3 is 15.5 Å². The number of hydrogen-bond donors (Lipinski definition) is 3. The van der Waals surface area contributed by atoms with Crippen LogP contribution in [0.5, 0.6) is 0 Å². The van der Waals surface area contributed by atoms with Gasteiger partial charge in [-0.25, -0.2) is 9.59 Å². The monoisotopic (exact) mass is 278 g/mol. The number of fused-ring (bicyclic) bond motifs is 1. The van der Waals surface area contributed by atoms with Gasteiger partial charge in [-0.05, 0) is 24.0 Å². The Bertz CT molecular complexity index is 518. The Hall–Kier alpha value is -2.08. The molecule has 0 saturated heterocycles. The lowest BCUT2D eigenvalue weighted by molar-refractivity contribution is -0.140. The van der Waals surface area contributed by atoms with Crippen molar-refractivity contribution < 1.29 is 19.8 Å². The fourth-order valence-corrected chi connectivity index (χ4v) is 2.40. The molecule has 0 aromatic heterocycles. The van der Waals surface area contributed by atoms with E-state index in [-0.39, 0.29) is 0 Å². The third kappa shape index (κ3) is 2.91. The molecule has 2 atom stereocenters. The lowest BCUT2D eigenvalue weighted by Crippen LogP contribution is -2.52.